The zero-order valence-electron chi connectivity index (χ0n) is 8.27. The molecule has 2 aromatic rings. The maximum absolute atomic E-state index is 10.4. The highest BCUT2D eigenvalue weighted by Gasteiger charge is 2.03. The largest absolute Gasteiger partial charge is 0.447 e. The number of hydrogen-bond donors (Lipinski definition) is 0. The van der Waals surface area contributed by atoms with Crippen molar-refractivity contribution in [2.24, 2.45) is 0 Å². The first-order valence-corrected chi connectivity index (χ1v) is 5.39. The summed E-state index contributed by atoms with van der Waals surface area (Å²) in [5.74, 6) is 0.366. The van der Waals surface area contributed by atoms with Gasteiger partial charge in [0.1, 0.15) is 0 Å². The van der Waals surface area contributed by atoms with Crippen LogP contribution in [0.1, 0.15) is 16.1 Å². The highest BCUT2D eigenvalue weighted by Crippen LogP contribution is 2.29. The van der Waals surface area contributed by atoms with E-state index in [4.69, 9.17) is 4.42 Å². The molecule has 1 heterocycles. The number of furan rings is 1. The molecule has 0 unspecified atom stereocenters. The van der Waals surface area contributed by atoms with Crippen molar-refractivity contribution in [2.75, 3.05) is 0 Å². The molecule has 0 N–H and O–H groups in total. The predicted octanol–water partition coefficient (Wildman–Crippen LogP) is 3.55. The summed E-state index contributed by atoms with van der Waals surface area (Å²) < 4.78 is 5.27. The van der Waals surface area contributed by atoms with Gasteiger partial charge in [-0.1, -0.05) is 29.5 Å². The molecule has 1 aromatic heterocycles. The first-order chi connectivity index (χ1) is 7.28. The Morgan fingerprint density at radius 2 is 2.13 bits per heavy atom. The van der Waals surface area contributed by atoms with E-state index in [2.05, 4.69) is 6.07 Å². The zero-order valence-corrected chi connectivity index (χ0v) is 9.08. The molecule has 0 saturated heterocycles. The first-order valence-electron chi connectivity index (χ1n) is 4.57. The van der Waals surface area contributed by atoms with Crippen LogP contribution in [0.4, 0.5) is 0 Å². The Labute approximate surface area is 92.3 Å². The molecule has 0 radical (unpaired) electrons. The molecule has 76 valence electrons. The van der Waals surface area contributed by atoms with E-state index in [0.29, 0.717) is 12.0 Å². The SMILES string of the molecule is Cc1cccc(Sc2ccc(C=O)o2)c1. The number of benzene rings is 1. The maximum Gasteiger partial charge on any atom is 0.185 e. The van der Waals surface area contributed by atoms with Crippen molar-refractivity contribution < 1.29 is 9.21 Å². The number of aryl methyl sites for hydroxylation is 1. The summed E-state index contributed by atoms with van der Waals surface area (Å²) in [6.07, 6.45) is 0.709. The van der Waals surface area contributed by atoms with Crippen molar-refractivity contribution >= 4 is 18.0 Å². The molecule has 3 heteroatoms. The second-order valence-electron chi connectivity index (χ2n) is 3.19. The van der Waals surface area contributed by atoms with Gasteiger partial charge in [0.05, 0.1) is 0 Å². The van der Waals surface area contributed by atoms with Gasteiger partial charge in [-0.15, -0.1) is 0 Å². The minimum atomic E-state index is 0.366. The third-order valence-electron chi connectivity index (χ3n) is 1.93. The molecule has 2 nitrogen and oxygen atoms in total. The van der Waals surface area contributed by atoms with Crippen LogP contribution in [0.15, 0.2) is 50.8 Å². The van der Waals surface area contributed by atoms with Crippen LogP contribution in [-0.2, 0) is 0 Å². The number of carbonyl (C=O) groups excluding carboxylic acids is 1. The molecule has 0 aliphatic heterocycles. The fourth-order valence-corrected chi connectivity index (χ4v) is 2.15. The Bertz CT molecular complexity index is 474. The Balaban J connectivity index is 2.18. The van der Waals surface area contributed by atoms with Gasteiger partial charge >= 0.3 is 0 Å². The summed E-state index contributed by atoms with van der Waals surface area (Å²) in [6.45, 7) is 2.04. The van der Waals surface area contributed by atoms with Gasteiger partial charge in [-0.2, -0.15) is 0 Å². The maximum atomic E-state index is 10.4. The van der Waals surface area contributed by atoms with Gasteiger partial charge in [0, 0.05) is 4.90 Å². The summed E-state index contributed by atoms with van der Waals surface area (Å²) in [6, 6.07) is 11.6. The van der Waals surface area contributed by atoms with Crippen molar-refractivity contribution in [1.29, 1.82) is 0 Å². The lowest BCUT2D eigenvalue weighted by Gasteiger charge is -1.98. The van der Waals surface area contributed by atoms with Crippen LogP contribution in [0.2, 0.25) is 0 Å². The van der Waals surface area contributed by atoms with E-state index in [1.165, 1.54) is 17.3 Å². The van der Waals surface area contributed by atoms with Crippen LogP contribution < -0.4 is 0 Å². The van der Waals surface area contributed by atoms with E-state index in [1.54, 1.807) is 12.1 Å². The molecular weight excluding hydrogens is 208 g/mol. The summed E-state index contributed by atoms with van der Waals surface area (Å²) in [5, 5.41) is 0.739. The minimum Gasteiger partial charge on any atom is -0.447 e. The van der Waals surface area contributed by atoms with E-state index in [1.807, 2.05) is 25.1 Å². The second kappa shape index (κ2) is 4.36. The Hall–Kier alpha value is -1.48. The van der Waals surface area contributed by atoms with Crippen LogP contribution in [0.3, 0.4) is 0 Å². The van der Waals surface area contributed by atoms with E-state index in [9.17, 15) is 4.79 Å². The fourth-order valence-electron chi connectivity index (χ4n) is 1.25. The van der Waals surface area contributed by atoms with Gasteiger partial charge in [0.15, 0.2) is 17.1 Å². The number of aldehydes is 1. The van der Waals surface area contributed by atoms with Crippen LogP contribution in [-0.4, -0.2) is 6.29 Å². The predicted molar refractivity (Wildman–Crippen MR) is 59.4 cm³/mol. The first kappa shape index (κ1) is 10.1. The normalized spacial score (nSPS) is 10.2. The molecule has 1 aromatic carbocycles. The monoisotopic (exact) mass is 218 g/mol. The van der Waals surface area contributed by atoms with Crippen LogP contribution in [0.25, 0.3) is 0 Å². The van der Waals surface area contributed by atoms with Gasteiger partial charge < -0.3 is 4.42 Å². The van der Waals surface area contributed by atoms with Crippen molar-refractivity contribution in [2.45, 2.75) is 16.9 Å². The average Bonchev–Trinajstić information content (AvgIpc) is 2.65. The van der Waals surface area contributed by atoms with E-state index in [0.717, 1.165) is 9.99 Å². The topological polar surface area (TPSA) is 30.2 Å². The van der Waals surface area contributed by atoms with Crippen molar-refractivity contribution in [3.05, 3.63) is 47.7 Å². The number of rotatable bonds is 3. The molecule has 0 bridgehead atoms. The van der Waals surface area contributed by atoms with E-state index < -0.39 is 0 Å². The van der Waals surface area contributed by atoms with Gasteiger partial charge in [0.2, 0.25) is 0 Å². The van der Waals surface area contributed by atoms with Crippen LogP contribution in [0.5, 0.6) is 0 Å². The van der Waals surface area contributed by atoms with Crippen LogP contribution in [0, 0.1) is 6.92 Å². The Morgan fingerprint density at radius 3 is 2.80 bits per heavy atom. The summed E-state index contributed by atoms with van der Waals surface area (Å²) in [7, 11) is 0. The fraction of sp³-hybridized carbons (Fsp3) is 0.0833. The molecule has 0 atom stereocenters. The lowest BCUT2D eigenvalue weighted by molar-refractivity contribution is 0.109. The molecule has 0 saturated carbocycles. The minimum absolute atomic E-state index is 0.366. The van der Waals surface area contributed by atoms with Gasteiger partial charge in [-0.3, -0.25) is 4.79 Å². The lowest BCUT2D eigenvalue weighted by Crippen LogP contribution is -1.73. The zero-order chi connectivity index (χ0) is 10.7. The molecule has 2 rings (SSSR count). The quantitative estimate of drug-likeness (QED) is 0.738. The lowest BCUT2D eigenvalue weighted by atomic mass is 10.2. The summed E-state index contributed by atoms with van der Waals surface area (Å²) >= 11 is 1.51. The summed E-state index contributed by atoms with van der Waals surface area (Å²) in [5.41, 5.74) is 1.21. The van der Waals surface area contributed by atoms with Gasteiger partial charge in [0.25, 0.3) is 0 Å². The van der Waals surface area contributed by atoms with Crippen molar-refractivity contribution in [3.63, 3.8) is 0 Å². The highest BCUT2D eigenvalue weighted by molar-refractivity contribution is 7.99. The third kappa shape index (κ3) is 2.50. The smallest absolute Gasteiger partial charge is 0.185 e. The highest BCUT2D eigenvalue weighted by atomic mass is 32.2. The Kier molecular flexibility index (Phi) is 2.92. The van der Waals surface area contributed by atoms with E-state index >= 15 is 0 Å². The molecule has 0 amide bonds. The molecule has 0 aliphatic rings. The average molecular weight is 218 g/mol. The molecule has 0 fully saturated rings. The van der Waals surface area contributed by atoms with Gasteiger partial charge in [-0.25, -0.2) is 0 Å². The number of carbonyl (C=O) groups is 1. The molecule has 0 aliphatic carbocycles. The van der Waals surface area contributed by atoms with Crippen molar-refractivity contribution in [3.8, 4) is 0 Å². The standard InChI is InChI=1S/C12H10O2S/c1-9-3-2-4-11(7-9)15-12-6-5-10(8-13)14-12/h2-8H,1H3. The molecule has 15 heavy (non-hydrogen) atoms. The third-order valence-corrected chi connectivity index (χ3v) is 2.84. The van der Waals surface area contributed by atoms with Crippen molar-refractivity contribution in [1.82, 2.24) is 0 Å². The van der Waals surface area contributed by atoms with Crippen LogP contribution >= 0.6 is 11.8 Å². The molecular formula is C12H10O2S. The Morgan fingerprint density at radius 1 is 1.27 bits per heavy atom. The van der Waals surface area contributed by atoms with E-state index in [-0.39, 0.29) is 0 Å². The summed E-state index contributed by atoms with van der Waals surface area (Å²) in [4.78, 5) is 11.5. The van der Waals surface area contributed by atoms with Gasteiger partial charge in [-0.05, 0) is 31.2 Å². The second-order valence-corrected chi connectivity index (χ2v) is 4.27. The molecule has 0 spiro atoms. The number of hydrogen-bond acceptors (Lipinski definition) is 3.